The van der Waals surface area contributed by atoms with Crippen molar-refractivity contribution in [2.45, 2.75) is 32.7 Å². The lowest BCUT2D eigenvalue weighted by molar-refractivity contribution is -0.138. The first-order chi connectivity index (χ1) is 8.56. The van der Waals surface area contributed by atoms with Crippen molar-refractivity contribution in [3.8, 4) is 0 Å². The van der Waals surface area contributed by atoms with Crippen LogP contribution in [0.15, 0.2) is 12.2 Å². The van der Waals surface area contributed by atoms with Crippen molar-refractivity contribution in [3.05, 3.63) is 12.2 Å². The van der Waals surface area contributed by atoms with Crippen LogP contribution in [0.3, 0.4) is 0 Å². The number of carbonyl (C=O) groups excluding carboxylic acids is 2. The molecule has 2 amide bonds. The molecule has 1 fully saturated rings. The van der Waals surface area contributed by atoms with E-state index in [1.807, 2.05) is 13.8 Å². The molecule has 1 unspecified atom stereocenters. The lowest BCUT2D eigenvalue weighted by Crippen LogP contribution is -2.40. The molecule has 0 radical (unpaired) electrons. The molecule has 0 aromatic heterocycles. The van der Waals surface area contributed by atoms with Gasteiger partial charge >= 0.3 is 0 Å². The van der Waals surface area contributed by atoms with E-state index in [0.29, 0.717) is 26.3 Å². The molecule has 18 heavy (non-hydrogen) atoms. The van der Waals surface area contributed by atoms with Crippen molar-refractivity contribution < 1.29 is 14.3 Å². The molecule has 1 aliphatic heterocycles. The zero-order valence-corrected chi connectivity index (χ0v) is 11.2. The van der Waals surface area contributed by atoms with Crippen LogP contribution in [0.4, 0.5) is 0 Å². The maximum atomic E-state index is 11.9. The van der Waals surface area contributed by atoms with E-state index in [1.165, 1.54) is 4.90 Å². The van der Waals surface area contributed by atoms with Gasteiger partial charge in [0.15, 0.2) is 0 Å². The second-order valence-corrected chi connectivity index (χ2v) is 4.60. The van der Waals surface area contributed by atoms with Gasteiger partial charge in [0.2, 0.25) is 11.8 Å². The topological polar surface area (TPSA) is 58.6 Å². The Kier molecular flexibility index (Phi) is 6.01. The molecule has 0 spiro atoms. The Labute approximate surface area is 108 Å². The highest BCUT2D eigenvalue weighted by atomic mass is 16.5. The number of likely N-dealkylation sites (tertiary alicyclic amines) is 1. The molecule has 0 saturated carbocycles. The molecule has 1 N–H and O–H groups in total. The quantitative estimate of drug-likeness (QED) is 0.394. The maximum Gasteiger partial charge on any atom is 0.246 e. The number of hydrogen-bond donors (Lipinski definition) is 1. The summed E-state index contributed by atoms with van der Waals surface area (Å²) in [5.41, 5.74) is 0.969. The number of carbonyl (C=O) groups is 2. The average Bonchev–Trinajstić information content (AvgIpc) is 2.56. The first-order valence-electron chi connectivity index (χ1n) is 6.36. The van der Waals surface area contributed by atoms with Gasteiger partial charge in [-0.15, -0.1) is 0 Å². The predicted molar refractivity (Wildman–Crippen MR) is 69.1 cm³/mol. The monoisotopic (exact) mass is 254 g/mol. The zero-order chi connectivity index (χ0) is 13.5. The van der Waals surface area contributed by atoms with Gasteiger partial charge < -0.3 is 10.1 Å². The van der Waals surface area contributed by atoms with Crippen molar-refractivity contribution in [3.63, 3.8) is 0 Å². The number of ether oxygens (including phenoxy) is 1. The minimum Gasteiger partial charge on any atom is -0.376 e. The van der Waals surface area contributed by atoms with Gasteiger partial charge in [-0.3, -0.25) is 14.5 Å². The molecule has 0 aromatic rings. The molecular formula is C13H22N2O3. The Bertz CT molecular complexity index is 328. The summed E-state index contributed by atoms with van der Waals surface area (Å²) in [6, 6.07) is -0.377. The van der Waals surface area contributed by atoms with Gasteiger partial charge in [-0.2, -0.15) is 0 Å². The van der Waals surface area contributed by atoms with Gasteiger partial charge in [-0.25, -0.2) is 0 Å². The van der Waals surface area contributed by atoms with Crippen molar-refractivity contribution >= 4 is 11.8 Å². The highest BCUT2D eigenvalue weighted by Crippen LogP contribution is 2.13. The molecule has 102 valence electrons. The van der Waals surface area contributed by atoms with Gasteiger partial charge in [-0.1, -0.05) is 19.1 Å². The summed E-state index contributed by atoms with van der Waals surface area (Å²) in [5, 5.41) is 3.06. The van der Waals surface area contributed by atoms with Gasteiger partial charge in [0, 0.05) is 13.1 Å². The fourth-order valence-electron chi connectivity index (χ4n) is 1.85. The highest BCUT2D eigenvalue weighted by molar-refractivity contribution is 6.05. The minimum atomic E-state index is -0.377. The Balaban J connectivity index is 2.25. The van der Waals surface area contributed by atoms with Crippen LogP contribution in [0.25, 0.3) is 0 Å². The summed E-state index contributed by atoms with van der Waals surface area (Å²) < 4.78 is 5.32. The van der Waals surface area contributed by atoms with Crippen LogP contribution in [0.5, 0.6) is 0 Å². The van der Waals surface area contributed by atoms with Crippen LogP contribution in [0, 0.1) is 0 Å². The third-order valence-electron chi connectivity index (χ3n) is 2.68. The molecule has 5 nitrogen and oxygen atoms in total. The molecule has 1 rings (SSSR count). The molecule has 1 saturated heterocycles. The molecule has 0 aliphatic carbocycles. The Morgan fingerprint density at radius 1 is 1.56 bits per heavy atom. The predicted octanol–water partition coefficient (Wildman–Crippen LogP) is 0.706. The molecule has 1 heterocycles. The SMILES string of the molecule is C=C(C)COCCNC1CC(=O)N(CCC)C1=O. The molecular weight excluding hydrogens is 232 g/mol. The number of nitrogens with one attached hydrogen (secondary N) is 1. The van der Waals surface area contributed by atoms with Crippen molar-refractivity contribution in [2.24, 2.45) is 0 Å². The Morgan fingerprint density at radius 3 is 2.89 bits per heavy atom. The Hall–Kier alpha value is -1.20. The first-order valence-corrected chi connectivity index (χ1v) is 6.36. The van der Waals surface area contributed by atoms with Crippen molar-refractivity contribution in [2.75, 3.05) is 26.3 Å². The number of rotatable bonds is 8. The maximum absolute atomic E-state index is 11.9. The molecule has 0 bridgehead atoms. The van der Waals surface area contributed by atoms with E-state index in [1.54, 1.807) is 0 Å². The van der Waals surface area contributed by atoms with Crippen LogP contribution >= 0.6 is 0 Å². The smallest absolute Gasteiger partial charge is 0.246 e. The first kappa shape index (κ1) is 14.9. The van der Waals surface area contributed by atoms with E-state index >= 15 is 0 Å². The van der Waals surface area contributed by atoms with E-state index in [4.69, 9.17) is 4.74 Å². The second kappa shape index (κ2) is 7.28. The van der Waals surface area contributed by atoms with E-state index in [0.717, 1.165) is 12.0 Å². The number of nitrogens with zero attached hydrogens (tertiary/aromatic N) is 1. The van der Waals surface area contributed by atoms with Crippen LogP contribution in [0.1, 0.15) is 26.7 Å². The van der Waals surface area contributed by atoms with Crippen molar-refractivity contribution in [1.82, 2.24) is 10.2 Å². The molecule has 1 aliphatic rings. The third-order valence-corrected chi connectivity index (χ3v) is 2.68. The van der Waals surface area contributed by atoms with E-state index < -0.39 is 0 Å². The molecule has 1 atom stereocenters. The minimum absolute atomic E-state index is 0.0813. The largest absolute Gasteiger partial charge is 0.376 e. The summed E-state index contributed by atoms with van der Waals surface area (Å²) in [4.78, 5) is 24.8. The fourth-order valence-corrected chi connectivity index (χ4v) is 1.85. The third kappa shape index (κ3) is 4.23. The second-order valence-electron chi connectivity index (χ2n) is 4.60. The Morgan fingerprint density at radius 2 is 2.28 bits per heavy atom. The van der Waals surface area contributed by atoms with E-state index in [2.05, 4.69) is 11.9 Å². The summed E-state index contributed by atoms with van der Waals surface area (Å²) in [7, 11) is 0. The van der Waals surface area contributed by atoms with Crippen LogP contribution < -0.4 is 5.32 Å². The van der Waals surface area contributed by atoms with E-state index in [-0.39, 0.29) is 24.3 Å². The number of imide groups is 1. The van der Waals surface area contributed by atoms with E-state index in [9.17, 15) is 9.59 Å². The number of amides is 2. The molecule has 5 heteroatoms. The normalized spacial score (nSPS) is 19.7. The number of hydrogen-bond acceptors (Lipinski definition) is 4. The summed E-state index contributed by atoms with van der Waals surface area (Å²) in [5.74, 6) is -0.191. The summed E-state index contributed by atoms with van der Waals surface area (Å²) in [6.45, 7) is 9.70. The standard InChI is InChI=1S/C13H22N2O3/c1-4-6-15-12(16)8-11(13(15)17)14-5-7-18-9-10(2)3/h11,14H,2,4-9H2,1,3H3. The van der Waals surface area contributed by atoms with Gasteiger partial charge in [-0.05, 0) is 13.3 Å². The van der Waals surface area contributed by atoms with Crippen LogP contribution in [-0.4, -0.2) is 49.1 Å². The lowest BCUT2D eigenvalue weighted by Gasteiger charge is -2.14. The van der Waals surface area contributed by atoms with Crippen LogP contribution in [0.2, 0.25) is 0 Å². The lowest BCUT2D eigenvalue weighted by atomic mass is 10.2. The van der Waals surface area contributed by atoms with Gasteiger partial charge in [0.1, 0.15) is 0 Å². The fraction of sp³-hybridized carbons (Fsp3) is 0.692. The average molecular weight is 254 g/mol. The summed E-state index contributed by atoms with van der Waals surface area (Å²) >= 11 is 0. The van der Waals surface area contributed by atoms with Crippen LogP contribution in [-0.2, 0) is 14.3 Å². The zero-order valence-electron chi connectivity index (χ0n) is 11.2. The van der Waals surface area contributed by atoms with Crippen molar-refractivity contribution in [1.29, 1.82) is 0 Å². The summed E-state index contributed by atoms with van der Waals surface area (Å²) in [6.07, 6.45) is 1.06. The highest BCUT2D eigenvalue weighted by Gasteiger charge is 2.37. The van der Waals surface area contributed by atoms with Gasteiger partial charge in [0.25, 0.3) is 0 Å². The molecule has 0 aromatic carbocycles. The van der Waals surface area contributed by atoms with Gasteiger partial charge in [0.05, 0.1) is 25.7 Å².